The maximum atomic E-state index is 5.22. The van der Waals surface area contributed by atoms with Gasteiger partial charge in [0.15, 0.2) is 0 Å². The van der Waals surface area contributed by atoms with E-state index >= 15 is 0 Å². The van der Waals surface area contributed by atoms with Gasteiger partial charge >= 0.3 is 8.05 Å². The minimum atomic E-state index is 0.702. The summed E-state index contributed by atoms with van der Waals surface area (Å²) in [6, 6.07) is 8.05. The topological polar surface area (TPSA) is 21.6 Å². The van der Waals surface area contributed by atoms with Gasteiger partial charge in [-0.2, -0.15) is 0 Å². The molecule has 1 aromatic carbocycles. The molecule has 0 saturated carbocycles. The summed E-state index contributed by atoms with van der Waals surface area (Å²) in [7, 11) is 5.22. The summed E-state index contributed by atoms with van der Waals surface area (Å²) in [6.07, 6.45) is 7.84. The number of nitrogens with zero attached hydrogens (tertiary/aromatic N) is 1. The van der Waals surface area contributed by atoms with Crippen molar-refractivity contribution >= 4 is 20.0 Å². The highest BCUT2D eigenvalue weighted by Crippen LogP contribution is 2.19. The van der Waals surface area contributed by atoms with E-state index in [0.29, 0.717) is 5.76 Å². The van der Waals surface area contributed by atoms with E-state index < -0.39 is 0 Å². The Morgan fingerprint density at radius 2 is 2.12 bits per heavy atom. The summed E-state index contributed by atoms with van der Waals surface area (Å²) in [4.78, 5) is 4.42. The first-order valence-corrected chi connectivity index (χ1v) is 5.68. The Labute approximate surface area is 103 Å². The van der Waals surface area contributed by atoms with Gasteiger partial charge in [0.1, 0.15) is 5.76 Å². The van der Waals surface area contributed by atoms with E-state index in [9.17, 15) is 0 Å². The quantitative estimate of drug-likeness (QED) is 0.568. The third-order valence-corrected chi connectivity index (χ3v) is 2.63. The number of benzene rings is 1. The molecule has 1 aromatic rings. The van der Waals surface area contributed by atoms with Gasteiger partial charge in [0, 0.05) is 11.8 Å². The molecule has 2 nitrogen and oxygen atoms in total. The van der Waals surface area contributed by atoms with Gasteiger partial charge in [-0.05, 0) is 43.5 Å². The Morgan fingerprint density at radius 3 is 2.88 bits per heavy atom. The van der Waals surface area contributed by atoms with Crippen LogP contribution in [0.4, 0.5) is 5.69 Å². The van der Waals surface area contributed by atoms with Gasteiger partial charge in [0.2, 0.25) is 0 Å². The van der Waals surface area contributed by atoms with E-state index in [4.69, 9.17) is 12.7 Å². The van der Waals surface area contributed by atoms with Crippen molar-refractivity contribution in [2.75, 3.05) is 0 Å². The van der Waals surface area contributed by atoms with E-state index in [1.54, 1.807) is 6.21 Å². The maximum absolute atomic E-state index is 5.22. The molecule has 0 spiro atoms. The van der Waals surface area contributed by atoms with Crippen molar-refractivity contribution in [3.05, 3.63) is 53.3 Å². The zero-order valence-corrected chi connectivity index (χ0v) is 9.89. The molecule has 1 aliphatic carbocycles. The van der Waals surface area contributed by atoms with Crippen LogP contribution in [0.5, 0.6) is 0 Å². The zero-order valence-electron chi connectivity index (χ0n) is 9.89. The highest BCUT2D eigenvalue weighted by molar-refractivity contribution is 6.00. The highest BCUT2D eigenvalue weighted by Gasteiger charge is 2.05. The fraction of sp³-hybridized carbons (Fsp3) is 0.214. The molecule has 0 saturated heterocycles. The Hall–Kier alpha value is -1.77. The number of aliphatic imine (C=N–C) groups is 1. The van der Waals surface area contributed by atoms with E-state index in [1.807, 2.05) is 37.3 Å². The van der Waals surface area contributed by atoms with Gasteiger partial charge in [-0.1, -0.05) is 18.2 Å². The second-order valence-corrected chi connectivity index (χ2v) is 4.02. The summed E-state index contributed by atoms with van der Waals surface area (Å²) < 4.78 is 4.82. The summed E-state index contributed by atoms with van der Waals surface area (Å²) in [5.41, 5.74) is 3.08. The van der Waals surface area contributed by atoms with Crippen molar-refractivity contribution in [1.82, 2.24) is 0 Å². The second kappa shape index (κ2) is 5.53. The van der Waals surface area contributed by atoms with Gasteiger partial charge in [-0.25, -0.2) is 0 Å². The SMILES string of the molecule is [B]OC1=CCCC=C1C=Nc1cccc(C)c1. The predicted molar refractivity (Wildman–Crippen MR) is 71.6 cm³/mol. The molecule has 0 amide bonds. The van der Waals surface area contributed by atoms with Crippen LogP contribution in [0.25, 0.3) is 0 Å². The number of rotatable bonds is 3. The summed E-state index contributed by atoms with van der Waals surface area (Å²) in [5, 5.41) is 0. The Balaban J connectivity index is 2.15. The highest BCUT2D eigenvalue weighted by atomic mass is 16.4. The lowest BCUT2D eigenvalue weighted by Crippen LogP contribution is -1.99. The Bertz CT molecular complexity index is 489. The molecule has 2 rings (SSSR count). The van der Waals surface area contributed by atoms with Gasteiger partial charge in [-0.3, -0.25) is 4.99 Å². The fourth-order valence-electron chi connectivity index (χ4n) is 1.76. The second-order valence-electron chi connectivity index (χ2n) is 4.02. The minimum absolute atomic E-state index is 0.702. The minimum Gasteiger partial charge on any atom is -0.568 e. The Morgan fingerprint density at radius 1 is 1.29 bits per heavy atom. The van der Waals surface area contributed by atoms with Crippen molar-refractivity contribution in [2.24, 2.45) is 4.99 Å². The first-order chi connectivity index (χ1) is 8.29. The van der Waals surface area contributed by atoms with E-state index in [0.717, 1.165) is 24.1 Å². The predicted octanol–water partition coefficient (Wildman–Crippen LogP) is 3.40. The number of hydrogen-bond acceptors (Lipinski definition) is 2. The first kappa shape index (κ1) is 11.7. The van der Waals surface area contributed by atoms with Crippen LogP contribution in [0, 0.1) is 6.92 Å². The smallest absolute Gasteiger partial charge is 0.374 e. The average Bonchev–Trinajstić information content (AvgIpc) is 2.37. The molecule has 0 fully saturated rings. The molecule has 2 radical (unpaired) electrons. The molecule has 0 heterocycles. The van der Waals surface area contributed by atoms with Crippen LogP contribution in [0.1, 0.15) is 18.4 Å². The number of allylic oxidation sites excluding steroid dienone is 3. The van der Waals surface area contributed by atoms with Crippen molar-refractivity contribution in [3.8, 4) is 0 Å². The molecule has 0 aromatic heterocycles. The van der Waals surface area contributed by atoms with Crippen LogP contribution in [0.15, 0.2) is 52.7 Å². The van der Waals surface area contributed by atoms with Crippen LogP contribution in [-0.4, -0.2) is 14.3 Å². The van der Waals surface area contributed by atoms with Crippen molar-refractivity contribution in [3.63, 3.8) is 0 Å². The lowest BCUT2D eigenvalue weighted by molar-refractivity contribution is 0.481. The van der Waals surface area contributed by atoms with Crippen LogP contribution in [-0.2, 0) is 4.65 Å². The van der Waals surface area contributed by atoms with Crippen LogP contribution in [0.2, 0.25) is 0 Å². The molecule has 0 unspecified atom stereocenters. The standard InChI is InChI=1S/C14H14BNO/c1-11-5-4-7-13(9-11)16-10-12-6-2-3-8-14(12)17-15/h4-10H,2-3H2,1H3. The monoisotopic (exact) mass is 223 g/mol. The van der Waals surface area contributed by atoms with Crippen molar-refractivity contribution < 1.29 is 4.65 Å². The van der Waals surface area contributed by atoms with Crippen LogP contribution < -0.4 is 0 Å². The molecule has 0 atom stereocenters. The molecule has 17 heavy (non-hydrogen) atoms. The molecule has 84 valence electrons. The number of aryl methyl sites for hydroxylation is 1. The lowest BCUT2D eigenvalue weighted by Gasteiger charge is -2.11. The zero-order chi connectivity index (χ0) is 12.1. The first-order valence-electron chi connectivity index (χ1n) is 5.68. The molecule has 1 aliphatic rings. The average molecular weight is 223 g/mol. The molecule has 3 heteroatoms. The van der Waals surface area contributed by atoms with Gasteiger partial charge in [-0.15, -0.1) is 0 Å². The van der Waals surface area contributed by atoms with Crippen molar-refractivity contribution in [2.45, 2.75) is 19.8 Å². The van der Waals surface area contributed by atoms with Gasteiger partial charge in [0.25, 0.3) is 0 Å². The molecule has 0 bridgehead atoms. The van der Waals surface area contributed by atoms with E-state index in [2.05, 4.69) is 11.1 Å². The lowest BCUT2D eigenvalue weighted by atomic mass is 10.1. The third kappa shape index (κ3) is 3.10. The summed E-state index contributed by atoms with van der Waals surface area (Å²) in [6.45, 7) is 2.05. The number of hydrogen-bond donors (Lipinski definition) is 0. The van der Waals surface area contributed by atoms with Gasteiger partial charge in [0.05, 0.1) is 5.69 Å². The van der Waals surface area contributed by atoms with Gasteiger partial charge < -0.3 is 4.65 Å². The normalized spacial score (nSPS) is 15.6. The Kier molecular flexibility index (Phi) is 3.81. The largest absolute Gasteiger partial charge is 0.568 e. The summed E-state index contributed by atoms with van der Waals surface area (Å²) >= 11 is 0. The fourth-order valence-corrected chi connectivity index (χ4v) is 1.76. The van der Waals surface area contributed by atoms with E-state index in [-0.39, 0.29) is 0 Å². The van der Waals surface area contributed by atoms with E-state index in [1.165, 1.54) is 5.56 Å². The molecular formula is C14H14BNO. The molecule has 0 N–H and O–H groups in total. The maximum Gasteiger partial charge on any atom is 0.374 e. The van der Waals surface area contributed by atoms with Crippen LogP contribution >= 0.6 is 0 Å². The molecule has 0 aliphatic heterocycles. The third-order valence-electron chi connectivity index (χ3n) is 2.63. The summed E-state index contributed by atoms with van der Waals surface area (Å²) in [5.74, 6) is 0.702. The van der Waals surface area contributed by atoms with Crippen LogP contribution in [0.3, 0.4) is 0 Å². The van der Waals surface area contributed by atoms with Crippen molar-refractivity contribution in [1.29, 1.82) is 0 Å². The molecular weight excluding hydrogens is 209 g/mol.